The van der Waals surface area contributed by atoms with E-state index in [9.17, 15) is 9.90 Å². The molecule has 1 aromatic carbocycles. The predicted molar refractivity (Wildman–Crippen MR) is 68.5 cm³/mol. The first-order valence-corrected chi connectivity index (χ1v) is 6.01. The highest BCUT2D eigenvalue weighted by molar-refractivity contribution is 6.17. The molecule has 0 saturated carbocycles. The standard InChI is InChI=1S/C12H16ClNO4/c1-17-9-2-3-11(15)10(8-9)12(16)14-5-7-18-6-4-13/h2-3,8,15H,4-7H2,1H3,(H,14,16). The minimum absolute atomic E-state index is 0.0880. The largest absolute Gasteiger partial charge is 0.507 e. The molecule has 0 atom stereocenters. The summed E-state index contributed by atoms with van der Waals surface area (Å²) in [7, 11) is 1.49. The molecule has 18 heavy (non-hydrogen) atoms. The van der Waals surface area contributed by atoms with Gasteiger partial charge in [-0.05, 0) is 18.2 Å². The number of nitrogens with one attached hydrogen (secondary N) is 1. The van der Waals surface area contributed by atoms with E-state index in [0.717, 1.165) is 0 Å². The van der Waals surface area contributed by atoms with E-state index in [0.29, 0.717) is 31.4 Å². The van der Waals surface area contributed by atoms with E-state index in [1.807, 2.05) is 0 Å². The summed E-state index contributed by atoms with van der Waals surface area (Å²) in [6.45, 7) is 1.18. The van der Waals surface area contributed by atoms with Gasteiger partial charge >= 0.3 is 0 Å². The normalized spacial score (nSPS) is 10.1. The quantitative estimate of drug-likeness (QED) is 0.582. The van der Waals surface area contributed by atoms with E-state index in [1.54, 1.807) is 6.07 Å². The number of methoxy groups -OCH3 is 1. The maximum Gasteiger partial charge on any atom is 0.255 e. The summed E-state index contributed by atoms with van der Waals surface area (Å²) >= 11 is 5.43. The Morgan fingerprint density at radius 1 is 1.44 bits per heavy atom. The molecule has 0 aliphatic rings. The van der Waals surface area contributed by atoms with E-state index < -0.39 is 0 Å². The predicted octanol–water partition coefficient (Wildman–Crippen LogP) is 1.39. The Hall–Kier alpha value is -1.46. The third-order valence-electron chi connectivity index (χ3n) is 2.20. The molecule has 0 fully saturated rings. The maximum atomic E-state index is 11.8. The number of amides is 1. The van der Waals surface area contributed by atoms with Gasteiger partial charge in [0.25, 0.3) is 5.91 Å². The van der Waals surface area contributed by atoms with Crippen LogP contribution in [0, 0.1) is 0 Å². The molecule has 5 nitrogen and oxygen atoms in total. The number of carbonyl (C=O) groups excluding carboxylic acids is 1. The average Bonchev–Trinajstić information content (AvgIpc) is 2.39. The first-order chi connectivity index (χ1) is 8.69. The summed E-state index contributed by atoms with van der Waals surface area (Å²) in [6.07, 6.45) is 0. The molecule has 2 N–H and O–H groups in total. The Morgan fingerprint density at radius 2 is 2.22 bits per heavy atom. The molecule has 1 rings (SSSR count). The molecule has 0 spiro atoms. The van der Waals surface area contributed by atoms with Gasteiger partial charge in [0.05, 0.1) is 25.9 Å². The zero-order chi connectivity index (χ0) is 13.4. The summed E-state index contributed by atoms with van der Waals surface area (Å²) in [4.78, 5) is 11.8. The van der Waals surface area contributed by atoms with Crippen molar-refractivity contribution < 1.29 is 19.4 Å². The second kappa shape index (κ2) is 7.79. The average molecular weight is 274 g/mol. The van der Waals surface area contributed by atoms with Crippen molar-refractivity contribution >= 4 is 17.5 Å². The highest BCUT2D eigenvalue weighted by Crippen LogP contribution is 2.22. The number of aromatic hydroxyl groups is 1. The number of benzene rings is 1. The Bertz CT molecular complexity index is 398. The third-order valence-corrected chi connectivity index (χ3v) is 2.36. The van der Waals surface area contributed by atoms with Crippen molar-refractivity contribution in [3.8, 4) is 11.5 Å². The van der Waals surface area contributed by atoms with Crippen LogP contribution in [0.1, 0.15) is 10.4 Å². The molecule has 0 unspecified atom stereocenters. The lowest BCUT2D eigenvalue weighted by molar-refractivity contribution is 0.0920. The zero-order valence-corrected chi connectivity index (χ0v) is 10.9. The highest BCUT2D eigenvalue weighted by atomic mass is 35.5. The lowest BCUT2D eigenvalue weighted by Gasteiger charge is -2.08. The number of phenols is 1. The molecule has 0 saturated heterocycles. The van der Waals surface area contributed by atoms with Crippen LogP contribution >= 0.6 is 11.6 Å². The monoisotopic (exact) mass is 273 g/mol. The number of phenolic OH excluding ortho intramolecular Hbond substituents is 1. The van der Waals surface area contributed by atoms with Gasteiger partial charge in [-0.1, -0.05) is 0 Å². The second-order valence-electron chi connectivity index (χ2n) is 3.44. The van der Waals surface area contributed by atoms with Gasteiger partial charge in [0, 0.05) is 12.4 Å². The maximum absolute atomic E-state index is 11.8. The first kappa shape index (κ1) is 14.6. The van der Waals surface area contributed by atoms with Crippen molar-refractivity contribution in [1.29, 1.82) is 0 Å². The summed E-state index contributed by atoms with van der Waals surface area (Å²) < 4.78 is 10.1. The summed E-state index contributed by atoms with van der Waals surface area (Å²) in [6, 6.07) is 4.47. The van der Waals surface area contributed by atoms with Crippen LogP contribution in [0.25, 0.3) is 0 Å². The first-order valence-electron chi connectivity index (χ1n) is 5.48. The smallest absolute Gasteiger partial charge is 0.255 e. The number of ether oxygens (including phenoxy) is 2. The Labute approximate surface area is 111 Å². The molecular weight excluding hydrogens is 258 g/mol. The van der Waals surface area contributed by atoms with Crippen molar-refractivity contribution in [2.45, 2.75) is 0 Å². The fourth-order valence-electron chi connectivity index (χ4n) is 1.31. The van der Waals surface area contributed by atoms with Gasteiger partial charge in [-0.2, -0.15) is 0 Å². The van der Waals surface area contributed by atoms with Crippen LogP contribution < -0.4 is 10.1 Å². The molecular formula is C12H16ClNO4. The van der Waals surface area contributed by atoms with Gasteiger partial charge < -0.3 is 19.9 Å². The van der Waals surface area contributed by atoms with Gasteiger partial charge in [0.1, 0.15) is 11.5 Å². The number of hydrogen-bond acceptors (Lipinski definition) is 4. The van der Waals surface area contributed by atoms with Crippen LogP contribution in [0.15, 0.2) is 18.2 Å². The minimum atomic E-state index is -0.374. The van der Waals surface area contributed by atoms with Crippen molar-refractivity contribution in [3.05, 3.63) is 23.8 Å². The van der Waals surface area contributed by atoms with Crippen molar-refractivity contribution in [2.24, 2.45) is 0 Å². The zero-order valence-electron chi connectivity index (χ0n) is 10.1. The van der Waals surface area contributed by atoms with Crippen molar-refractivity contribution in [3.63, 3.8) is 0 Å². The Morgan fingerprint density at radius 3 is 2.89 bits per heavy atom. The summed E-state index contributed by atoms with van der Waals surface area (Å²) in [5.74, 6) is 0.470. The number of halogens is 1. The Kier molecular flexibility index (Phi) is 6.32. The van der Waals surface area contributed by atoms with Gasteiger partial charge in [0.2, 0.25) is 0 Å². The van der Waals surface area contributed by atoms with Crippen LogP contribution in [0.5, 0.6) is 11.5 Å². The topological polar surface area (TPSA) is 67.8 Å². The van der Waals surface area contributed by atoms with Crippen molar-refractivity contribution in [2.75, 3.05) is 32.7 Å². The van der Waals surface area contributed by atoms with Crippen LogP contribution in [0.4, 0.5) is 0 Å². The lowest BCUT2D eigenvalue weighted by Crippen LogP contribution is -2.27. The summed E-state index contributed by atoms with van der Waals surface area (Å²) in [5.41, 5.74) is 0.173. The number of carbonyl (C=O) groups is 1. The highest BCUT2D eigenvalue weighted by Gasteiger charge is 2.11. The van der Waals surface area contributed by atoms with Crippen LogP contribution in [0.2, 0.25) is 0 Å². The van der Waals surface area contributed by atoms with Crippen LogP contribution in [-0.2, 0) is 4.74 Å². The van der Waals surface area contributed by atoms with Gasteiger partial charge in [-0.25, -0.2) is 0 Å². The molecule has 1 aromatic rings. The third kappa shape index (κ3) is 4.43. The molecule has 0 bridgehead atoms. The van der Waals surface area contributed by atoms with Gasteiger partial charge in [0.15, 0.2) is 0 Å². The van der Waals surface area contributed by atoms with E-state index in [2.05, 4.69) is 5.32 Å². The summed E-state index contributed by atoms with van der Waals surface area (Å²) in [5, 5.41) is 12.2. The van der Waals surface area contributed by atoms with E-state index >= 15 is 0 Å². The molecule has 1 amide bonds. The molecule has 0 radical (unpaired) electrons. The second-order valence-corrected chi connectivity index (χ2v) is 3.82. The SMILES string of the molecule is COc1ccc(O)c(C(=O)NCCOCCCl)c1. The van der Waals surface area contributed by atoms with Crippen LogP contribution in [0.3, 0.4) is 0 Å². The number of alkyl halides is 1. The molecule has 100 valence electrons. The van der Waals surface area contributed by atoms with Crippen LogP contribution in [-0.4, -0.2) is 43.8 Å². The van der Waals surface area contributed by atoms with E-state index in [-0.39, 0.29) is 17.2 Å². The van der Waals surface area contributed by atoms with Gasteiger partial charge in [-0.3, -0.25) is 4.79 Å². The molecule has 0 aromatic heterocycles. The lowest BCUT2D eigenvalue weighted by atomic mass is 10.2. The van der Waals surface area contributed by atoms with Gasteiger partial charge in [-0.15, -0.1) is 11.6 Å². The number of hydrogen-bond donors (Lipinski definition) is 2. The van der Waals surface area contributed by atoms with E-state index in [1.165, 1.54) is 19.2 Å². The van der Waals surface area contributed by atoms with E-state index in [4.69, 9.17) is 21.1 Å². The number of rotatable bonds is 7. The fourth-order valence-corrected chi connectivity index (χ4v) is 1.42. The molecule has 0 heterocycles. The Balaban J connectivity index is 2.50. The molecule has 0 aliphatic carbocycles. The molecule has 0 aliphatic heterocycles. The fraction of sp³-hybridized carbons (Fsp3) is 0.417. The molecule has 6 heteroatoms. The minimum Gasteiger partial charge on any atom is -0.507 e. The van der Waals surface area contributed by atoms with Crippen molar-refractivity contribution in [1.82, 2.24) is 5.32 Å².